The van der Waals surface area contributed by atoms with E-state index in [1.165, 1.54) is 0 Å². The maximum Gasteiger partial charge on any atom is 0.276 e. The summed E-state index contributed by atoms with van der Waals surface area (Å²) in [6, 6.07) is 6.89. The van der Waals surface area contributed by atoms with Crippen molar-refractivity contribution in [2.75, 3.05) is 18.2 Å². The van der Waals surface area contributed by atoms with Gasteiger partial charge in [0.25, 0.3) is 5.91 Å². The fourth-order valence-electron chi connectivity index (χ4n) is 2.09. The van der Waals surface area contributed by atoms with E-state index in [0.29, 0.717) is 28.7 Å². The molecule has 0 radical (unpaired) electrons. The SMILES string of the molecule is COc1ccc(N)c(NC(=O)c2cc(C(C)C)n(C)n2)c1. The Hall–Kier alpha value is -2.50. The topological polar surface area (TPSA) is 82.2 Å². The van der Waals surface area contributed by atoms with Crippen LogP contribution in [0, 0.1) is 0 Å². The molecule has 0 unspecified atom stereocenters. The predicted octanol–water partition coefficient (Wildman–Crippen LogP) is 2.39. The van der Waals surface area contributed by atoms with Crippen molar-refractivity contribution < 1.29 is 9.53 Å². The van der Waals surface area contributed by atoms with Gasteiger partial charge >= 0.3 is 0 Å². The summed E-state index contributed by atoms with van der Waals surface area (Å²) in [4.78, 5) is 12.3. The maximum absolute atomic E-state index is 12.3. The molecule has 112 valence electrons. The monoisotopic (exact) mass is 288 g/mol. The van der Waals surface area contributed by atoms with Gasteiger partial charge in [0.2, 0.25) is 0 Å². The number of methoxy groups -OCH3 is 1. The minimum Gasteiger partial charge on any atom is -0.497 e. The van der Waals surface area contributed by atoms with Gasteiger partial charge in [-0.1, -0.05) is 13.8 Å². The number of hydrogen-bond donors (Lipinski definition) is 2. The number of aromatic nitrogens is 2. The van der Waals surface area contributed by atoms with Crippen molar-refractivity contribution in [2.24, 2.45) is 7.05 Å². The molecule has 21 heavy (non-hydrogen) atoms. The summed E-state index contributed by atoms with van der Waals surface area (Å²) >= 11 is 0. The molecule has 0 saturated heterocycles. The van der Waals surface area contributed by atoms with E-state index >= 15 is 0 Å². The molecule has 6 nitrogen and oxygen atoms in total. The molecule has 1 aromatic heterocycles. The van der Waals surface area contributed by atoms with Crippen LogP contribution in [-0.2, 0) is 7.05 Å². The molecule has 2 rings (SSSR count). The van der Waals surface area contributed by atoms with E-state index in [1.807, 2.05) is 7.05 Å². The second-order valence-corrected chi connectivity index (χ2v) is 5.14. The van der Waals surface area contributed by atoms with Gasteiger partial charge in [-0.05, 0) is 24.1 Å². The lowest BCUT2D eigenvalue weighted by atomic mass is 10.1. The standard InChI is InChI=1S/C15H20N4O2/c1-9(2)14-8-13(18-19(14)3)15(20)17-12-7-10(21-4)5-6-11(12)16/h5-9H,16H2,1-4H3,(H,17,20). The number of carbonyl (C=O) groups excluding carboxylic acids is 1. The average molecular weight is 288 g/mol. The summed E-state index contributed by atoms with van der Waals surface area (Å²) < 4.78 is 6.84. The van der Waals surface area contributed by atoms with Crippen LogP contribution < -0.4 is 15.8 Å². The quantitative estimate of drug-likeness (QED) is 0.846. The first-order chi connectivity index (χ1) is 9.92. The van der Waals surface area contributed by atoms with E-state index in [2.05, 4.69) is 24.3 Å². The van der Waals surface area contributed by atoms with Gasteiger partial charge in [-0.2, -0.15) is 5.10 Å². The molecule has 0 aliphatic carbocycles. The summed E-state index contributed by atoms with van der Waals surface area (Å²) in [6.45, 7) is 4.11. The molecule has 3 N–H and O–H groups in total. The van der Waals surface area contributed by atoms with Crippen LogP contribution in [0.5, 0.6) is 5.75 Å². The first kappa shape index (κ1) is 14.9. The predicted molar refractivity (Wildman–Crippen MR) is 82.7 cm³/mol. The summed E-state index contributed by atoms with van der Waals surface area (Å²) in [5, 5.41) is 6.99. The molecule has 6 heteroatoms. The molecule has 0 spiro atoms. The zero-order valence-corrected chi connectivity index (χ0v) is 12.7. The summed E-state index contributed by atoms with van der Waals surface area (Å²) in [6.07, 6.45) is 0. The van der Waals surface area contributed by atoms with Crippen molar-refractivity contribution in [3.05, 3.63) is 35.7 Å². The van der Waals surface area contributed by atoms with Gasteiger partial charge in [0.05, 0.1) is 18.5 Å². The smallest absolute Gasteiger partial charge is 0.276 e. The molecule has 0 aliphatic heterocycles. The molecule has 0 aliphatic rings. The van der Waals surface area contributed by atoms with Gasteiger partial charge in [-0.25, -0.2) is 0 Å². The minimum atomic E-state index is -0.294. The third-order valence-corrected chi connectivity index (χ3v) is 3.25. The molecule has 0 fully saturated rings. The third-order valence-electron chi connectivity index (χ3n) is 3.25. The number of nitrogen functional groups attached to an aromatic ring is 1. The fraction of sp³-hybridized carbons (Fsp3) is 0.333. The lowest BCUT2D eigenvalue weighted by Gasteiger charge is -2.08. The normalized spacial score (nSPS) is 10.7. The van der Waals surface area contributed by atoms with Gasteiger partial charge in [-0.15, -0.1) is 0 Å². The number of ether oxygens (including phenoxy) is 1. The molecular weight excluding hydrogens is 268 g/mol. The lowest BCUT2D eigenvalue weighted by Crippen LogP contribution is -2.14. The number of aryl methyl sites for hydroxylation is 1. The first-order valence-electron chi connectivity index (χ1n) is 6.71. The minimum absolute atomic E-state index is 0.294. The number of anilines is 2. The van der Waals surface area contributed by atoms with E-state index < -0.39 is 0 Å². The highest BCUT2D eigenvalue weighted by Crippen LogP contribution is 2.25. The van der Waals surface area contributed by atoms with Gasteiger partial charge in [-0.3, -0.25) is 9.48 Å². The molecule has 1 aromatic carbocycles. The number of rotatable bonds is 4. The number of nitrogens with zero attached hydrogens (tertiary/aromatic N) is 2. The highest BCUT2D eigenvalue weighted by Gasteiger charge is 2.15. The summed E-state index contributed by atoms with van der Waals surface area (Å²) in [5.41, 5.74) is 8.21. The number of benzene rings is 1. The zero-order valence-electron chi connectivity index (χ0n) is 12.7. The Morgan fingerprint density at radius 1 is 1.38 bits per heavy atom. The van der Waals surface area contributed by atoms with Crippen molar-refractivity contribution in [2.45, 2.75) is 19.8 Å². The average Bonchev–Trinajstić information content (AvgIpc) is 2.83. The number of carbonyl (C=O) groups is 1. The second kappa shape index (κ2) is 5.87. The van der Waals surface area contributed by atoms with Gasteiger partial charge in [0.1, 0.15) is 5.75 Å². The summed E-state index contributed by atoms with van der Waals surface area (Å²) in [5.74, 6) is 0.631. The van der Waals surface area contributed by atoms with Crippen LogP contribution in [-0.4, -0.2) is 22.8 Å². The Labute approximate surface area is 123 Å². The van der Waals surface area contributed by atoms with Gasteiger partial charge < -0.3 is 15.8 Å². The van der Waals surface area contributed by atoms with E-state index in [9.17, 15) is 4.79 Å². The van der Waals surface area contributed by atoms with Gasteiger partial charge in [0, 0.05) is 18.8 Å². The van der Waals surface area contributed by atoms with Crippen LogP contribution in [0.1, 0.15) is 35.9 Å². The molecule has 0 bridgehead atoms. The third kappa shape index (κ3) is 3.16. The molecule has 2 aromatic rings. The Morgan fingerprint density at radius 3 is 2.67 bits per heavy atom. The first-order valence-corrected chi connectivity index (χ1v) is 6.71. The van der Waals surface area contributed by atoms with Crippen LogP contribution in [0.4, 0.5) is 11.4 Å². The highest BCUT2D eigenvalue weighted by atomic mass is 16.5. The second-order valence-electron chi connectivity index (χ2n) is 5.14. The van der Waals surface area contributed by atoms with Crippen LogP contribution >= 0.6 is 0 Å². The lowest BCUT2D eigenvalue weighted by molar-refractivity contribution is 0.102. The number of nitrogens with two attached hydrogens (primary N) is 1. The summed E-state index contributed by atoms with van der Waals surface area (Å²) in [7, 11) is 3.39. The fourth-order valence-corrected chi connectivity index (χ4v) is 2.09. The molecule has 0 saturated carbocycles. The van der Waals surface area contributed by atoms with Crippen molar-refractivity contribution in [3.63, 3.8) is 0 Å². The van der Waals surface area contributed by atoms with E-state index in [0.717, 1.165) is 5.69 Å². The van der Waals surface area contributed by atoms with Crippen LogP contribution in [0.2, 0.25) is 0 Å². The van der Waals surface area contributed by atoms with E-state index in [1.54, 1.807) is 36.1 Å². The number of hydrogen-bond acceptors (Lipinski definition) is 4. The number of amides is 1. The van der Waals surface area contributed by atoms with Crippen molar-refractivity contribution in [1.82, 2.24) is 9.78 Å². The Morgan fingerprint density at radius 2 is 2.10 bits per heavy atom. The van der Waals surface area contributed by atoms with Gasteiger partial charge in [0.15, 0.2) is 5.69 Å². The largest absolute Gasteiger partial charge is 0.497 e. The number of nitrogens with one attached hydrogen (secondary N) is 1. The highest BCUT2D eigenvalue weighted by molar-refractivity contribution is 6.04. The molecule has 0 atom stereocenters. The maximum atomic E-state index is 12.3. The van der Waals surface area contributed by atoms with E-state index in [-0.39, 0.29) is 5.91 Å². The Bertz CT molecular complexity index is 662. The van der Waals surface area contributed by atoms with Crippen LogP contribution in [0.15, 0.2) is 24.3 Å². The molecule has 1 amide bonds. The Kier molecular flexibility index (Phi) is 4.16. The molecular formula is C15H20N4O2. The van der Waals surface area contributed by atoms with Crippen LogP contribution in [0.3, 0.4) is 0 Å². The van der Waals surface area contributed by atoms with Crippen LogP contribution in [0.25, 0.3) is 0 Å². The zero-order chi connectivity index (χ0) is 15.6. The molecule has 1 heterocycles. The Balaban J connectivity index is 2.24. The van der Waals surface area contributed by atoms with Crippen molar-refractivity contribution in [3.8, 4) is 5.75 Å². The van der Waals surface area contributed by atoms with Crippen molar-refractivity contribution >= 4 is 17.3 Å². The van der Waals surface area contributed by atoms with Crippen molar-refractivity contribution in [1.29, 1.82) is 0 Å². The van der Waals surface area contributed by atoms with E-state index in [4.69, 9.17) is 10.5 Å².